The molecule has 2 aliphatic heterocycles. The maximum atomic E-state index is 10.2. The normalized spacial score (nSPS) is 32.0. The van der Waals surface area contributed by atoms with Crippen molar-refractivity contribution < 1.29 is 45.2 Å². The molecule has 4 aromatic rings. The summed E-state index contributed by atoms with van der Waals surface area (Å²) in [4.78, 5) is 23.7. The Hall–Kier alpha value is -3.66. The summed E-state index contributed by atoms with van der Waals surface area (Å²) in [5.41, 5.74) is 10.9. The first-order valence-corrected chi connectivity index (χ1v) is 11.9. The summed E-state index contributed by atoms with van der Waals surface area (Å²) in [6.07, 6.45) is -2.81. The van der Waals surface area contributed by atoms with E-state index in [4.69, 9.17) is 26.0 Å². The smallest absolute Gasteiger partial charge is 0.199 e. The van der Waals surface area contributed by atoms with Gasteiger partial charge in [-0.15, -0.1) is 0 Å². The van der Waals surface area contributed by atoms with Gasteiger partial charge in [0.1, 0.15) is 60.3 Å². The fourth-order valence-corrected chi connectivity index (χ4v) is 4.72. The van der Waals surface area contributed by atoms with Gasteiger partial charge in [-0.05, 0) is 0 Å². The van der Waals surface area contributed by atoms with Gasteiger partial charge in [0.25, 0.3) is 0 Å². The first kappa shape index (κ1) is 27.9. The molecule has 0 amide bonds. The number of ether oxygens (including phenoxy) is 2. The summed E-state index contributed by atoms with van der Waals surface area (Å²) in [7, 11) is 0. The second-order valence-electron chi connectivity index (χ2n) is 9.13. The van der Waals surface area contributed by atoms with Crippen LogP contribution in [-0.2, 0) is 15.2 Å². The minimum Gasteiger partial charge on any atom is -0.394 e. The van der Waals surface area contributed by atoms with Crippen LogP contribution in [0.15, 0.2) is 25.3 Å². The van der Waals surface area contributed by atoms with Crippen molar-refractivity contribution in [3.8, 4) is 0 Å². The molecule has 19 heteroatoms. The average Bonchev–Trinajstić information content (AvgIpc) is 3.71. The van der Waals surface area contributed by atoms with Gasteiger partial charge in [0.05, 0.1) is 32.5 Å². The van der Waals surface area contributed by atoms with E-state index in [0.717, 1.165) is 0 Å². The molecule has 11 N–H and O–H groups in total. The number of hydrogen-bond acceptors (Lipinski definition) is 17. The molecule has 0 radical (unpaired) electrons. The lowest BCUT2D eigenvalue weighted by atomic mass is 10.0. The van der Waals surface area contributed by atoms with E-state index in [0.29, 0.717) is 11.2 Å². The molecular weight excluding hydrogens is 536 g/mol. The minimum absolute atomic E-state index is 0.138. The quantitative estimate of drug-likeness (QED) is 0.110. The average molecular weight is 565 g/mol. The van der Waals surface area contributed by atoms with Crippen LogP contribution in [-0.4, -0.2) is 131 Å². The van der Waals surface area contributed by atoms with Crippen LogP contribution in [0.2, 0.25) is 0 Å². The number of anilines is 2. The molecule has 2 saturated heterocycles. The fourth-order valence-electron chi connectivity index (χ4n) is 4.72. The van der Waals surface area contributed by atoms with E-state index >= 15 is 0 Å². The fraction of sp³-hybridized carbons (Fsp3) is 0.524. The third-order valence-corrected chi connectivity index (χ3v) is 6.88. The highest BCUT2D eigenvalue weighted by Gasteiger charge is 2.56. The van der Waals surface area contributed by atoms with E-state index in [9.17, 15) is 30.6 Å². The van der Waals surface area contributed by atoms with Crippen molar-refractivity contribution in [1.29, 1.82) is 0 Å². The van der Waals surface area contributed by atoms with E-state index in [1.54, 1.807) is 0 Å². The zero-order valence-electron chi connectivity index (χ0n) is 20.7. The Morgan fingerprint density at radius 1 is 0.750 bits per heavy atom. The molecule has 4 aromatic heterocycles. The molecular formula is C21H28N10O9. The number of fused-ring (bicyclic) bond motifs is 2. The van der Waals surface area contributed by atoms with Crippen molar-refractivity contribution in [2.75, 3.05) is 31.3 Å². The van der Waals surface area contributed by atoms with Gasteiger partial charge in [-0.25, -0.2) is 29.9 Å². The van der Waals surface area contributed by atoms with Crippen LogP contribution in [0.25, 0.3) is 22.3 Å². The first-order valence-electron chi connectivity index (χ1n) is 11.9. The molecule has 0 aliphatic carbocycles. The monoisotopic (exact) mass is 564 g/mol. The molecule has 0 unspecified atom stereocenters. The highest BCUT2D eigenvalue weighted by Crippen LogP contribution is 2.37. The standard InChI is InChI=1S/C11H15N5O5.C10H13N5O4/c12-9-6-10(14-3-13-9)16(4-15-6)11(2-18)8(20)7(19)5(1-17)21-11;11-8-5-9(13-2-12-8)15(3-14-5)10-7(18)6(17)4(1-16)19-10/h3-5,7-8,17-20H,1-2H2,(H2,12,13,14);2-4,6-7,10,16-18H,1H2,(H2,11,12,13)/t5-,7-,8-,11-;4-,6-,7-,10-/m11/s1. The lowest BCUT2D eigenvalue weighted by Gasteiger charge is -2.31. The number of nitrogens with zero attached hydrogens (tertiary/aromatic N) is 8. The van der Waals surface area contributed by atoms with Crippen LogP contribution >= 0.6 is 0 Å². The molecule has 40 heavy (non-hydrogen) atoms. The summed E-state index contributed by atoms with van der Waals surface area (Å²) < 4.78 is 13.6. The largest absolute Gasteiger partial charge is 0.394 e. The highest BCUT2D eigenvalue weighted by molar-refractivity contribution is 5.82. The van der Waals surface area contributed by atoms with Gasteiger partial charge in [0.15, 0.2) is 34.9 Å². The Bertz CT molecular complexity index is 1490. The van der Waals surface area contributed by atoms with Crippen molar-refractivity contribution >= 4 is 34.0 Å². The van der Waals surface area contributed by atoms with Crippen molar-refractivity contribution in [1.82, 2.24) is 39.0 Å². The van der Waals surface area contributed by atoms with Crippen LogP contribution in [0.1, 0.15) is 6.23 Å². The molecule has 216 valence electrons. The van der Waals surface area contributed by atoms with Crippen LogP contribution in [0.3, 0.4) is 0 Å². The number of hydrogen-bond donors (Lipinski definition) is 9. The number of rotatable bonds is 5. The van der Waals surface area contributed by atoms with E-state index in [1.807, 2.05) is 0 Å². The molecule has 19 nitrogen and oxygen atoms in total. The van der Waals surface area contributed by atoms with Gasteiger partial charge in [-0.2, -0.15) is 0 Å². The Labute approximate surface area is 223 Å². The summed E-state index contributed by atoms with van der Waals surface area (Å²) in [6, 6.07) is 0. The predicted molar refractivity (Wildman–Crippen MR) is 132 cm³/mol. The Balaban J connectivity index is 0.000000162. The predicted octanol–water partition coefficient (Wildman–Crippen LogP) is -4.81. The summed E-state index contributed by atoms with van der Waals surface area (Å²) in [5.74, 6) is 0.356. The van der Waals surface area contributed by atoms with E-state index in [-0.39, 0.29) is 22.8 Å². The van der Waals surface area contributed by atoms with E-state index in [1.165, 1.54) is 34.4 Å². The van der Waals surface area contributed by atoms with Gasteiger partial charge < -0.3 is 56.7 Å². The topological polar surface area (TPSA) is 299 Å². The molecule has 0 spiro atoms. The molecule has 0 aromatic carbocycles. The Morgan fingerprint density at radius 2 is 1.35 bits per heavy atom. The lowest BCUT2D eigenvalue weighted by Crippen LogP contribution is -2.48. The maximum absolute atomic E-state index is 10.2. The zero-order valence-corrected chi connectivity index (χ0v) is 20.7. The minimum atomic E-state index is -1.71. The van der Waals surface area contributed by atoms with Gasteiger partial charge in [0.2, 0.25) is 0 Å². The van der Waals surface area contributed by atoms with Crippen molar-refractivity contribution in [2.45, 2.75) is 48.6 Å². The van der Waals surface area contributed by atoms with Crippen LogP contribution in [0, 0.1) is 0 Å². The van der Waals surface area contributed by atoms with Crippen molar-refractivity contribution in [2.24, 2.45) is 0 Å². The van der Waals surface area contributed by atoms with Crippen LogP contribution in [0.4, 0.5) is 11.6 Å². The lowest BCUT2D eigenvalue weighted by molar-refractivity contribution is -0.169. The van der Waals surface area contributed by atoms with E-state index in [2.05, 4.69) is 29.9 Å². The number of aliphatic hydroxyl groups is 7. The zero-order chi connectivity index (χ0) is 28.8. The molecule has 6 rings (SSSR count). The molecule has 6 heterocycles. The number of aliphatic hydroxyl groups excluding tert-OH is 7. The Kier molecular flexibility index (Phi) is 7.48. The van der Waals surface area contributed by atoms with Crippen LogP contribution < -0.4 is 11.5 Å². The maximum Gasteiger partial charge on any atom is 0.199 e. The SMILES string of the molecule is Nc1ncnc2c1ncn2[C@@H]1O[C@H](CO)[C@@H](O)[C@H]1O.Nc1ncnc2c1ncn2[C@]1(CO)O[C@H](CO)[C@@H](O)[C@H]1O. The second kappa shape index (κ2) is 10.7. The summed E-state index contributed by atoms with van der Waals surface area (Å²) in [6.45, 7) is -1.56. The summed E-state index contributed by atoms with van der Waals surface area (Å²) in [5, 5.41) is 67.8. The first-order chi connectivity index (χ1) is 19.2. The van der Waals surface area contributed by atoms with Gasteiger partial charge >= 0.3 is 0 Å². The van der Waals surface area contributed by atoms with Gasteiger partial charge in [0, 0.05) is 0 Å². The van der Waals surface area contributed by atoms with Gasteiger partial charge in [-0.1, -0.05) is 0 Å². The number of nitrogen functional groups attached to an aromatic ring is 2. The third-order valence-electron chi connectivity index (χ3n) is 6.88. The number of aromatic nitrogens is 8. The van der Waals surface area contributed by atoms with Crippen molar-refractivity contribution in [3.05, 3.63) is 25.3 Å². The molecule has 2 fully saturated rings. The van der Waals surface area contributed by atoms with E-state index < -0.39 is 68.4 Å². The molecule has 0 bridgehead atoms. The number of imidazole rings is 2. The number of nitrogens with two attached hydrogens (primary N) is 2. The third kappa shape index (κ3) is 4.29. The summed E-state index contributed by atoms with van der Waals surface area (Å²) >= 11 is 0. The van der Waals surface area contributed by atoms with Crippen molar-refractivity contribution in [3.63, 3.8) is 0 Å². The Morgan fingerprint density at radius 3 is 1.93 bits per heavy atom. The van der Waals surface area contributed by atoms with Crippen LogP contribution in [0.5, 0.6) is 0 Å². The van der Waals surface area contributed by atoms with Gasteiger partial charge in [-0.3, -0.25) is 9.13 Å². The molecule has 8 atom stereocenters. The molecule has 2 aliphatic rings. The molecule has 0 saturated carbocycles. The second-order valence-corrected chi connectivity index (χ2v) is 9.13. The highest BCUT2D eigenvalue weighted by atomic mass is 16.6.